The van der Waals surface area contributed by atoms with E-state index in [9.17, 15) is 19.5 Å². The molecular weight excluding hydrogens is 444 g/mol. The highest BCUT2D eigenvalue weighted by Gasteiger charge is 2.54. The van der Waals surface area contributed by atoms with E-state index < -0.39 is 23.5 Å². The number of aliphatic carboxylic acids is 1. The minimum Gasteiger partial charge on any atom is -0.480 e. The number of carboxylic acids is 1. The Morgan fingerprint density at radius 1 is 0.971 bits per heavy atom. The van der Waals surface area contributed by atoms with E-state index in [4.69, 9.17) is 4.74 Å². The molecule has 0 aromatic heterocycles. The maximum absolute atomic E-state index is 13.1. The first kappa shape index (κ1) is 23.4. The summed E-state index contributed by atoms with van der Waals surface area (Å²) < 4.78 is 5.76. The third kappa shape index (κ3) is 3.97. The van der Waals surface area contributed by atoms with Crippen LogP contribution in [0.25, 0.3) is 11.1 Å². The quantitative estimate of drug-likeness (QED) is 0.638. The number of alkyl carbamates (subject to hydrolysis) is 1. The average Bonchev–Trinajstić information content (AvgIpc) is 3.20. The molecule has 2 aromatic rings. The van der Waals surface area contributed by atoms with Gasteiger partial charge < -0.3 is 20.1 Å². The fraction of sp³-hybridized carbons (Fsp3) is 0.464. The van der Waals surface area contributed by atoms with Gasteiger partial charge in [0.1, 0.15) is 12.6 Å². The third-order valence-electron chi connectivity index (χ3n) is 8.67. The van der Waals surface area contributed by atoms with Crippen molar-refractivity contribution in [3.8, 4) is 11.1 Å². The number of nitrogens with one attached hydrogen (secondary N) is 1. The van der Waals surface area contributed by atoms with E-state index in [0.29, 0.717) is 38.5 Å². The Morgan fingerprint density at radius 2 is 1.49 bits per heavy atom. The molecular formula is C28H32N2O5. The molecule has 2 amide bonds. The van der Waals surface area contributed by atoms with E-state index in [1.165, 1.54) is 34.1 Å². The number of nitrogens with zero attached hydrogens (tertiary/aromatic N) is 1. The molecule has 7 heteroatoms. The zero-order valence-corrected chi connectivity index (χ0v) is 20.3. The van der Waals surface area contributed by atoms with E-state index in [1.807, 2.05) is 24.3 Å². The Hall–Kier alpha value is -3.35. The van der Waals surface area contributed by atoms with Crippen molar-refractivity contribution in [2.24, 2.45) is 5.41 Å². The van der Waals surface area contributed by atoms with Crippen LogP contribution in [0.15, 0.2) is 48.5 Å². The van der Waals surface area contributed by atoms with Crippen molar-refractivity contribution in [1.29, 1.82) is 0 Å². The molecule has 2 bridgehead atoms. The molecule has 0 heterocycles. The van der Waals surface area contributed by atoms with Crippen molar-refractivity contribution in [3.05, 3.63) is 59.7 Å². The zero-order valence-electron chi connectivity index (χ0n) is 20.3. The summed E-state index contributed by atoms with van der Waals surface area (Å²) in [7, 11) is 1.57. The first-order chi connectivity index (χ1) is 16.8. The number of benzene rings is 2. The molecule has 7 nitrogen and oxygen atoms in total. The summed E-state index contributed by atoms with van der Waals surface area (Å²) in [6, 6.07) is 15.7. The van der Waals surface area contributed by atoms with Crippen LogP contribution in [0, 0.1) is 5.41 Å². The number of rotatable bonds is 6. The Morgan fingerprint density at radius 3 is 2.00 bits per heavy atom. The molecule has 2 aromatic carbocycles. The average molecular weight is 477 g/mol. The molecule has 0 spiro atoms. The van der Waals surface area contributed by atoms with Gasteiger partial charge in [0.25, 0.3) is 0 Å². The lowest BCUT2D eigenvalue weighted by atomic mass is 9.56. The molecule has 4 aliphatic carbocycles. The van der Waals surface area contributed by atoms with Crippen molar-refractivity contribution in [2.45, 2.75) is 62.9 Å². The van der Waals surface area contributed by atoms with Gasteiger partial charge in [-0.1, -0.05) is 48.5 Å². The smallest absolute Gasteiger partial charge is 0.407 e. The van der Waals surface area contributed by atoms with Crippen LogP contribution in [0.3, 0.4) is 0 Å². The lowest BCUT2D eigenvalue weighted by molar-refractivity contribution is -0.157. The normalized spacial score (nSPS) is 25.3. The van der Waals surface area contributed by atoms with Crippen molar-refractivity contribution in [1.82, 2.24) is 10.2 Å². The summed E-state index contributed by atoms with van der Waals surface area (Å²) in [5, 5.41) is 12.4. The number of carbonyl (C=O) groups excluding carboxylic acids is 2. The van der Waals surface area contributed by atoms with Crippen LogP contribution in [-0.4, -0.2) is 53.2 Å². The fourth-order valence-corrected chi connectivity index (χ4v) is 6.26. The SMILES string of the molecule is C[C@@H](C(=O)O)N(C)C(=O)C12CCC(NC(=O)OCC3c4ccccc4-c4ccccc43)(CC1)CC2. The van der Waals surface area contributed by atoms with Gasteiger partial charge in [0.15, 0.2) is 0 Å². The molecule has 3 saturated carbocycles. The van der Waals surface area contributed by atoms with E-state index in [2.05, 4.69) is 29.6 Å². The second kappa shape index (κ2) is 8.70. The van der Waals surface area contributed by atoms with Gasteiger partial charge in [0.05, 0.1) is 0 Å². The van der Waals surface area contributed by atoms with Crippen molar-refractivity contribution < 1.29 is 24.2 Å². The van der Waals surface area contributed by atoms with Crippen LogP contribution < -0.4 is 5.32 Å². The summed E-state index contributed by atoms with van der Waals surface area (Å²) >= 11 is 0. The van der Waals surface area contributed by atoms with Crippen molar-refractivity contribution in [2.75, 3.05) is 13.7 Å². The van der Waals surface area contributed by atoms with Gasteiger partial charge in [-0.3, -0.25) is 4.79 Å². The van der Waals surface area contributed by atoms with Gasteiger partial charge in [-0.15, -0.1) is 0 Å². The van der Waals surface area contributed by atoms with Crippen LogP contribution in [0.5, 0.6) is 0 Å². The van der Waals surface area contributed by atoms with Gasteiger partial charge in [0, 0.05) is 23.9 Å². The minimum absolute atomic E-state index is 0.0143. The number of carbonyl (C=O) groups is 3. The van der Waals surface area contributed by atoms with E-state index >= 15 is 0 Å². The molecule has 184 valence electrons. The van der Waals surface area contributed by atoms with Crippen LogP contribution >= 0.6 is 0 Å². The lowest BCUT2D eigenvalue weighted by Gasteiger charge is -2.53. The predicted molar refractivity (Wildman–Crippen MR) is 131 cm³/mol. The number of amides is 2. The summed E-state index contributed by atoms with van der Waals surface area (Å²) in [4.78, 5) is 38.7. The Kier molecular flexibility index (Phi) is 5.82. The van der Waals surface area contributed by atoms with Crippen LogP contribution in [0.2, 0.25) is 0 Å². The van der Waals surface area contributed by atoms with Gasteiger partial charge in [-0.2, -0.15) is 0 Å². The molecule has 6 rings (SSSR count). The largest absolute Gasteiger partial charge is 0.480 e. The molecule has 4 aliphatic rings. The topological polar surface area (TPSA) is 95.9 Å². The number of hydrogen-bond donors (Lipinski definition) is 2. The third-order valence-corrected chi connectivity index (χ3v) is 8.67. The monoisotopic (exact) mass is 476 g/mol. The first-order valence-electron chi connectivity index (χ1n) is 12.4. The minimum atomic E-state index is -1.00. The second-order valence-corrected chi connectivity index (χ2v) is 10.4. The highest BCUT2D eigenvalue weighted by atomic mass is 16.5. The molecule has 3 fully saturated rings. The van der Waals surface area contributed by atoms with E-state index in [1.54, 1.807) is 7.05 Å². The van der Waals surface area contributed by atoms with Crippen LogP contribution in [0.1, 0.15) is 62.5 Å². The number of ether oxygens (including phenoxy) is 1. The molecule has 2 N–H and O–H groups in total. The van der Waals surface area contributed by atoms with Crippen LogP contribution in [0.4, 0.5) is 4.79 Å². The summed E-state index contributed by atoms with van der Waals surface area (Å²) in [6.07, 6.45) is 3.60. The van der Waals surface area contributed by atoms with Gasteiger partial charge >= 0.3 is 12.1 Å². The molecule has 35 heavy (non-hydrogen) atoms. The Bertz CT molecular complexity index is 1110. The predicted octanol–water partition coefficient (Wildman–Crippen LogP) is 4.55. The van der Waals surface area contributed by atoms with Crippen molar-refractivity contribution >= 4 is 18.0 Å². The summed E-state index contributed by atoms with van der Waals surface area (Å²) in [6.45, 7) is 1.81. The molecule has 0 saturated heterocycles. The number of carboxylic acid groups (broad SMARTS) is 1. The number of hydrogen-bond acceptors (Lipinski definition) is 4. The molecule has 0 aliphatic heterocycles. The maximum atomic E-state index is 13.1. The fourth-order valence-electron chi connectivity index (χ4n) is 6.26. The molecule has 0 radical (unpaired) electrons. The maximum Gasteiger partial charge on any atom is 0.407 e. The summed E-state index contributed by atoms with van der Waals surface area (Å²) in [5.74, 6) is -1.09. The first-order valence-corrected chi connectivity index (χ1v) is 12.4. The second-order valence-electron chi connectivity index (χ2n) is 10.4. The van der Waals surface area contributed by atoms with Crippen LogP contribution in [-0.2, 0) is 14.3 Å². The Balaban J connectivity index is 1.21. The molecule has 0 unspecified atom stereocenters. The molecule has 1 atom stereocenters. The van der Waals surface area contributed by atoms with Gasteiger partial charge in [0.2, 0.25) is 5.91 Å². The lowest BCUT2D eigenvalue weighted by Crippen LogP contribution is -2.60. The highest BCUT2D eigenvalue weighted by Crippen LogP contribution is 2.53. The van der Waals surface area contributed by atoms with E-state index in [-0.39, 0.29) is 24.0 Å². The number of fused-ring (bicyclic) bond motifs is 6. The highest BCUT2D eigenvalue weighted by molar-refractivity contribution is 5.87. The van der Waals surface area contributed by atoms with Gasteiger partial charge in [-0.25, -0.2) is 9.59 Å². The Labute approximate surface area is 205 Å². The standard InChI is InChI=1S/C28H32N2O5/c1-18(24(31)32)30(2)25(33)27-11-14-28(15-12-27,16-13-27)29-26(34)35-17-23-21-9-5-3-7-19(21)20-8-4-6-10-22(20)23/h3-10,18,23H,11-17H2,1-2H3,(H,29,34)(H,31,32)/t18-,27?,28?/m0/s1. The summed E-state index contributed by atoms with van der Waals surface area (Å²) in [5.41, 5.74) is 3.86. The van der Waals surface area contributed by atoms with E-state index in [0.717, 1.165) is 0 Å². The van der Waals surface area contributed by atoms with Gasteiger partial charge in [-0.05, 0) is 67.7 Å². The zero-order chi connectivity index (χ0) is 24.8. The van der Waals surface area contributed by atoms with Crippen molar-refractivity contribution in [3.63, 3.8) is 0 Å². The number of likely N-dealkylation sites (N-methyl/N-ethyl adjacent to an activating group) is 1.